The van der Waals surface area contributed by atoms with Crippen molar-refractivity contribution in [3.63, 3.8) is 0 Å². The van der Waals surface area contributed by atoms with Gasteiger partial charge in [0.05, 0.1) is 0 Å². The Kier molecular flexibility index (Phi) is 10.9. The summed E-state index contributed by atoms with van der Waals surface area (Å²) in [6.45, 7) is 7.50. The summed E-state index contributed by atoms with van der Waals surface area (Å²) < 4.78 is 0.689. The van der Waals surface area contributed by atoms with Crippen molar-refractivity contribution in [2.75, 3.05) is 0 Å². The fourth-order valence-electron chi connectivity index (χ4n) is 7.55. The van der Waals surface area contributed by atoms with Gasteiger partial charge in [-0.3, -0.25) is 0 Å². The minimum absolute atomic E-state index is 0. The Hall–Kier alpha value is -2.22. The van der Waals surface area contributed by atoms with Crippen LogP contribution in [0.4, 0.5) is 0 Å². The van der Waals surface area contributed by atoms with E-state index < -0.39 is 28.3 Å². The largest absolute Gasteiger partial charge is 1.00 e. The summed E-state index contributed by atoms with van der Waals surface area (Å²) in [6.07, 6.45) is 9.01. The zero-order chi connectivity index (χ0) is 28.6. The maximum atomic E-state index is 2.61. The second kappa shape index (κ2) is 14.5. The Morgan fingerprint density at radius 1 is 0.614 bits per heavy atom. The number of allylic oxidation sites excluding steroid dienone is 1. The molecule has 0 radical (unpaired) electrons. The maximum absolute atomic E-state index is 2.61. The standard InChI is InChI=1S/C38H33.C2H7Si.2ClH.Zr/c1-2-3-4-5-15-28-25-37-33(31-19-10-16-26-13-6-8-17-29(26)31)21-12-23-35(37)38(28)34-22-11-20-32-30-18-9-7-14-27(30)24-36(32)34;1-3-2;;;/h6-14,16-25,38H,2-5,15H2,1H3;3H,1-2H3;2*1H;/q;;;;+2/p-2. The van der Waals surface area contributed by atoms with E-state index in [0.717, 1.165) is 0 Å². The van der Waals surface area contributed by atoms with E-state index >= 15 is 0 Å². The summed E-state index contributed by atoms with van der Waals surface area (Å²) in [5.74, 6) is -0.265. The van der Waals surface area contributed by atoms with Gasteiger partial charge in [-0.05, 0) is 0 Å². The molecule has 7 rings (SSSR count). The van der Waals surface area contributed by atoms with Gasteiger partial charge in [0.25, 0.3) is 0 Å². The SMILES string of the molecule is CCCCCCC1=Cc2c(-c3cccc4ccccc34)cccc2C1c1cccc2c1[CH]([Zr+2][SiH](C)C)c1ccccc1-2.[Cl-].[Cl-]. The van der Waals surface area contributed by atoms with Crippen molar-refractivity contribution < 1.29 is 47.2 Å². The fourth-order valence-corrected chi connectivity index (χ4v) is 17.4. The van der Waals surface area contributed by atoms with E-state index in [0.29, 0.717) is 9.54 Å². The predicted molar refractivity (Wildman–Crippen MR) is 181 cm³/mol. The molecule has 2 unspecified atom stereocenters. The van der Waals surface area contributed by atoms with Crippen molar-refractivity contribution in [1.82, 2.24) is 0 Å². The summed E-state index contributed by atoms with van der Waals surface area (Å²) >= 11 is -0.557. The number of hydrogen-bond donors (Lipinski definition) is 0. The second-order valence-corrected chi connectivity index (χ2v) is 27.5. The molecule has 0 amide bonds. The van der Waals surface area contributed by atoms with Crippen LogP contribution in [0.1, 0.15) is 76.4 Å². The van der Waals surface area contributed by atoms with Crippen molar-refractivity contribution in [2.45, 2.75) is 61.7 Å². The molecule has 0 fully saturated rings. The van der Waals surface area contributed by atoms with Crippen LogP contribution in [-0.2, 0) is 22.4 Å². The van der Waals surface area contributed by atoms with Crippen molar-refractivity contribution in [2.24, 2.45) is 0 Å². The maximum Gasteiger partial charge on any atom is -1.00 e. The molecule has 5 aromatic carbocycles. The van der Waals surface area contributed by atoms with E-state index in [9.17, 15) is 0 Å². The van der Waals surface area contributed by atoms with E-state index in [1.807, 2.05) is 0 Å². The van der Waals surface area contributed by atoms with Gasteiger partial charge in [0.1, 0.15) is 0 Å². The van der Waals surface area contributed by atoms with Crippen LogP contribution in [0.2, 0.25) is 13.1 Å². The molecule has 0 nitrogen and oxygen atoms in total. The molecule has 0 saturated heterocycles. The molecule has 2 aliphatic rings. The molecule has 0 heterocycles. The molecule has 0 saturated carbocycles. The minimum Gasteiger partial charge on any atom is -1.00 e. The number of fused-ring (bicyclic) bond motifs is 5. The van der Waals surface area contributed by atoms with E-state index in [2.05, 4.69) is 129 Å². The van der Waals surface area contributed by atoms with Gasteiger partial charge in [0, 0.05) is 0 Å². The smallest absolute Gasteiger partial charge is 1.00 e. The molecule has 0 aromatic heterocycles. The first-order chi connectivity index (χ1) is 20.7. The van der Waals surface area contributed by atoms with Gasteiger partial charge in [-0.15, -0.1) is 0 Å². The Morgan fingerprint density at radius 3 is 2.07 bits per heavy atom. The summed E-state index contributed by atoms with van der Waals surface area (Å²) in [6, 6.07) is 39.4. The van der Waals surface area contributed by atoms with E-state index in [4.69, 9.17) is 0 Å². The molecular formula is C40H40Cl2SiZr. The van der Waals surface area contributed by atoms with Gasteiger partial charge in [-0.1, -0.05) is 0 Å². The van der Waals surface area contributed by atoms with Crippen LogP contribution in [0.15, 0.2) is 109 Å². The van der Waals surface area contributed by atoms with Crippen molar-refractivity contribution in [1.29, 1.82) is 0 Å². The molecule has 2 aliphatic carbocycles. The number of halogens is 2. The van der Waals surface area contributed by atoms with E-state index in [1.165, 1.54) is 76.3 Å². The number of rotatable bonds is 9. The molecule has 0 spiro atoms. The molecular weight excluding hydrogens is 671 g/mol. The van der Waals surface area contributed by atoms with Gasteiger partial charge >= 0.3 is 266 Å². The van der Waals surface area contributed by atoms with Crippen LogP contribution in [-0.4, -0.2) is 5.92 Å². The molecule has 222 valence electrons. The van der Waals surface area contributed by atoms with Gasteiger partial charge in [0.2, 0.25) is 0 Å². The summed E-state index contributed by atoms with van der Waals surface area (Å²) in [5.41, 5.74) is 15.3. The summed E-state index contributed by atoms with van der Waals surface area (Å²) in [7, 11) is 0. The fraction of sp³-hybridized carbons (Fsp3) is 0.250. The molecule has 0 bridgehead atoms. The molecule has 0 aliphatic heterocycles. The van der Waals surface area contributed by atoms with E-state index in [1.54, 1.807) is 22.3 Å². The zero-order valence-electron chi connectivity index (χ0n) is 25.9. The van der Waals surface area contributed by atoms with Crippen molar-refractivity contribution in [3.05, 3.63) is 137 Å². The van der Waals surface area contributed by atoms with Crippen LogP contribution < -0.4 is 24.8 Å². The third kappa shape index (κ3) is 6.01. The first-order valence-corrected chi connectivity index (χ1v) is 24.5. The van der Waals surface area contributed by atoms with Gasteiger partial charge in [-0.25, -0.2) is 0 Å². The normalized spacial score (nSPS) is 16.0. The molecule has 5 aromatic rings. The van der Waals surface area contributed by atoms with Gasteiger partial charge in [0.15, 0.2) is 0 Å². The Labute approximate surface area is 288 Å². The Morgan fingerprint density at radius 2 is 1.25 bits per heavy atom. The minimum atomic E-state index is -0.623. The summed E-state index contributed by atoms with van der Waals surface area (Å²) in [5, 5.41) is 2.66. The van der Waals surface area contributed by atoms with Crippen LogP contribution in [0.5, 0.6) is 0 Å². The number of benzene rings is 5. The number of unbranched alkanes of at least 4 members (excludes halogenated alkanes) is 3. The van der Waals surface area contributed by atoms with Crippen LogP contribution >= 0.6 is 0 Å². The Balaban J connectivity index is 0.00000192. The van der Waals surface area contributed by atoms with Crippen molar-refractivity contribution >= 4 is 22.8 Å². The third-order valence-corrected chi connectivity index (χ3v) is 19.2. The molecule has 4 heteroatoms. The van der Waals surface area contributed by atoms with Crippen molar-refractivity contribution in [3.8, 4) is 22.3 Å². The van der Waals surface area contributed by atoms with Crippen LogP contribution in [0.25, 0.3) is 39.1 Å². The molecule has 2 atom stereocenters. The molecule has 44 heavy (non-hydrogen) atoms. The quantitative estimate of drug-likeness (QED) is 0.147. The second-order valence-electron chi connectivity index (χ2n) is 12.4. The molecule has 0 N–H and O–H groups in total. The topological polar surface area (TPSA) is 0 Å². The van der Waals surface area contributed by atoms with E-state index in [-0.39, 0.29) is 24.8 Å². The third-order valence-electron chi connectivity index (χ3n) is 9.35. The monoisotopic (exact) mass is 708 g/mol. The number of hydrogen-bond acceptors (Lipinski definition) is 0. The first kappa shape index (κ1) is 33.2. The Bertz CT molecular complexity index is 1800. The average Bonchev–Trinajstić information content (AvgIpc) is 3.54. The first-order valence-electron chi connectivity index (χ1n) is 16.0. The predicted octanol–water partition coefficient (Wildman–Crippen LogP) is 5.15. The zero-order valence-corrected chi connectivity index (χ0v) is 31.0. The van der Waals surface area contributed by atoms with Gasteiger partial charge < -0.3 is 24.8 Å². The van der Waals surface area contributed by atoms with Gasteiger partial charge in [-0.2, -0.15) is 0 Å². The summed E-state index contributed by atoms with van der Waals surface area (Å²) in [4.78, 5) is 0. The average molecular weight is 711 g/mol. The van der Waals surface area contributed by atoms with Crippen LogP contribution in [0.3, 0.4) is 0 Å². The van der Waals surface area contributed by atoms with Crippen LogP contribution in [0, 0.1) is 0 Å².